The van der Waals surface area contributed by atoms with Gasteiger partial charge in [0.15, 0.2) is 5.78 Å². The first-order chi connectivity index (χ1) is 15.4. The molecule has 2 amide bonds. The van der Waals surface area contributed by atoms with E-state index < -0.39 is 12.1 Å². The number of anilines is 1. The van der Waals surface area contributed by atoms with Crippen LogP contribution in [0.3, 0.4) is 0 Å². The number of amides is 2. The summed E-state index contributed by atoms with van der Waals surface area (Å²) in [5.41, 5.74) is 10.1. The van der Waals surface area contributed by atoms with Crippen molar-refractivity contribution in [3.63, 3.8) is 0 Å². The number of Topliss-reactive ketones (excluding diaryl/α,β-unsaturated/α-hetero) is 1. The van der Waals surface area contributed by atoms with Crippen LogP contribution in [0.2, 0.25) is 0 Å². The zero-order valence-electron chi connectivity index (χ0n) is 18.7. The number of carbonyl (C=O) groups excluding carboxylic acids is 3. The van der Waals surface area contributed by atoms with Crippen molar-refractivity contribution in [2.45, 2.75) is 32.4 Å². The molecule has 0 radical (unpaired) electrons. The topological polar surface area (TPSA) is 112 Å². The first-order valence-corrected chi connectivity index (χ1v) is 10.7. The van der Waals surface area contributed by atoms with E-state index in [0.29, 0.717) is 18.5 Å². The van der Waals surface area contributed by atoms with E-state index in [4.69, 9.17) is 10.5 Å². The first kappa shape index (κ1) is 26.8. The molecule has 9 heteroatoms. The number of ketones is 1. The van der Waals surface area contributed by atoms with Crippen LogP contribution in [-0.4, -0.2) is 43.5 Å². The van der Waals surface area contributed by atoms with Crippen molar-refractivity contribution in [1.29, 1.82) is 0 Å². The van der Waals surface area contributed by atoms with Gasteiger partial charge in [-0.25, -0.2) is 4.79 Å². The Morgan fingerprint density at radius 2 is 1.79 bits per heavy atom. The average Bonchev–Trinajstić information content (AvgIpc) is 2.81. The van der Waals surface area contributed by atoms with Crippen LogP contribution in [0.5, 0.6) is 0 Å². The van der Waals surface area contributed by atoms with Gasteiger partial charge in [-0.1, -0.05) is 48.5 Å². The molecule has 33 heavy (non-hydrogen) atoms. The Hall–Kier alpha value is -2.50. The number of hydrogen-bond donors (Lipinski definition) is 2. The molecule has 1 atom stereocenters. The Balaban J connectivity index is 0.00000385. The fourth-order valence-corrected chi connectivity index (χ4v) is 3.65. The monoisotopic (exact) mass is 675 g/mol. The Morgan fingerprint density at radius 3 is 2.42 bits per heavy atom. The molecule has 2 aromatic rings. The standard InChI is InChI=1S/C24H29N4O4.U/c1-17(29)22(27-24(31)32-16-18-6-3-2-4-7-18)15-26-23(30)19-10-12-28(13-11-19)21-9-5-8-20(25)14-21;/h2-9,14,19,22,25H,10-13,15-16H2,1H3,(H,26,30)(H,27,31);/q-1;/t22-;/m0./s1. The van der Waals surface area contributed by atoms with Crippen LogP contribution in [0.1, 0.15) is 25.3 Å². The van der Waals surface area contributed by atoms with E-state index in [1.165, 1.54) is 6.92 Å². The second-order valence-electron chi connectivity index (χ2n) is 7.93. The number of rotatable bonds is 8. The third-order valence-corrected chi connectivity index (χ3v) is 5.55. The van der Waals surface area contributed by atoms with Crippen LogP contribution in [0.25, 0.3) is 5.73 Å². The molecule has 0 aromatic heterocycles. The van der Waals surface area contributed by atoms with E-state index >= 15 is 0 Å². The van der Waals surface area contributed by atoms with Crippen molar-refractivity contribution in [2.24, 2.45) is 5.92 Å². The number of benzene rings is 2. The van der Waals surface area contributed by atoms with Crippen molar-refractivity contribution >= 4 is 29.2 Å². The molecule has 0 saturated carbocycles. The van der Waals surface area contributed by atoms with Crippen LogP contribution in [0.4, 0.5) is 16.2 Å². The van der Waals surface area contributed by atoms with Crippen LogP contribution in [0, 0.1) is 37.0 Å². The number of ether oxygens (including phenoxy) is 1. The molecule has 1 saturated heterocycles. The minimum absolute atomic E-state index is 0. The van der Waals surface area contributed by atoms with Crippen LogP contribution in [-0.2, 0) is 20.9 Å². The average molecular weight is 676 g/mol. The molecule has 8 nitrogen and oxygen atoms in total. The van der Waals surface area contributed by atoms with Gasteiger partial charge in [0.25, 0.3) is 0 Å². The maximum absolute atomic E-state index is 12.6. The maximum atomic E-state index is 12.6. The quantitative estimate of drug-likeness (QED) is 0.445. The molecule has 0 unspecified atom stereocenters. The molecule has 0 aliphatic carbocycles. The number of hydrogen-bond acceptors (Lipinski definition) is 5. The van der Waals surface area contributed by atoms with Crippen LogP contribution in [0.15, 0.2) is 54.6 Å². The molecule has 2 aromatic carbocycles. The smallest absolute Gasteiger partial charge is 0.408 e. The number of nitrogens with zero attached hydrogens (tertiary/aromatic N) is 1. The summed E-state index contributed by atoms with van der Waals surface area (Å²) in [4.78, 5) is 38.8. The summed E-state index contributed by atoms with van der Waals surface area (Å²) in [5, 5.41) is 5.33. The zero-order chi connectivity index (χ0) is 22.9. The Labute approximate surface area is 218 Å². The van der Waals surface area contributed by atoms with E-state index in [1.807, 2.05) is 48.5 Å². The van der Waals surface area contributed by atoms with E-state index in [0.717, 1.165) is 24.3 Å². The third-order valence-electron chi connectivity index (χ3n) is 5.55. The second-order valence-corrected chi connectivity index (χ2v) is 7.93. The second kappa shape index (κ2) is 13.3. The van der Waals surface area contributed by atoms with Crippen molar-refractivity contribution in [1.82, 2.24) is 10.6 Å². The molecule has 1 heterocycles. The summed E-state index contributed by atoms with van der Waals surface area (Å²) in [6, 6.07) is 15.8. The normalized spacial score (nSPS) is 14.5. The summed E-state index contributed by atoms with van der Waals surface area (Å²) >= 11 is 0. The van der Waals surface area contributed by atoms with Gasteiger partial charge in [-0.15, -0.1) is 5.69 Å². The predicted molar refractivity (Wildman–Crippen MR) is 123 cm³/mol. The maximum Gasteiger partial charge on any atom is 0.408 e. The van der Waals surface area contributed by atoms with Gasteiger partial charge >= 0.3 is 6.09 Å². The molecule has 1 fully saturated rings. The Bertz CT molecular complexity index is 933. The van der Waals surface area contributed by atoms with E-state index in [2.05, 4.69) is 15.5 Å². The zero-order valence-corrected chi connectivity index (χ0v) is 22.8. The van der Waals surface area contributed by atoms with Crippen molar-refractivity contribution in [2.75, 3.05) is 24.5 Å². The minimum Gasteiger partial charge on any atom is -0.699 e. The molecule has 3 rings (SSSR count). The van der Waals surface area contributed by atoms with Gasteiger partial charge in [-0.05, 0) is 31.4 Å². The fourth-order valence-electron chi connectivity index (χ4n) is 3.65. The summed E-state index contributed by atoms with van der Waals surface area (Å²) in [6.45, 7) is 2.94. The first-order valence-electron chi connectivity index (χ1n) is 10.7. The van der Waals surface area contributed by atoms with Crippen molar-refractivity contribution in [3.8, 4) is 0 Å². The van der Waals surface area contributed by atoms with Gasteiger partial charge in [0.05, 0.1) is 0 Å². The molecular formula is C24H29N4O4U-. The predicted octanol–water partition coefficient (Wildman–Crippen LogP) is 3.59. The van der Waals surface area contributed by atoms with Crippen molar-refractivity contribution < 1.29 is 50.2 Å². The molecular weight excluding hydrogens is 646 g/mol. The number of nitrogens with one attached hydrogen (secondary N) is 3. The van der Waals surface area contributed by atoms with Crippen LogP contribution >= 0.6 is 0 Å². The van der Waals surface area contributed by atoms with E-state index in [1.54, 1.807) is 6.07 Å². The molecule has 0 spiro atoms. The van der Waals surface area contributed by atoms with Gasteiger partial charge in [-0.3, -0.25) is 9.59 Å². The number of piperidine rings is 1. The minimum atomic E-state index is -0.845. The van der Waals surface area contributed by atoms with E-state index in [-0.39, 0.29) is 61.9 Å². The number of alkyl carbamates (subject to hydrolysis) is 1. The molecule has 0 bridgehead atoms. The van der Waals surface area contributed by atoms with Gasteiger partial charge in [0.1, 0.15) is 12.6 Å². The SMILES string of the molecule is CC(=O)[C@H](CNC(=O)C1CCN(c2cccc([NH-])c2)CC1)NC(=O)OCc1ccccc1.[U]. The van der Waals surface area contributed by atoms with Gasteiger partial charge < -0.3 is 26.0 Å². The molecule has 1 aliphatic heterocycles. The number of carbonyl (C=O) groups is 3. The van der Waals surface area contributed by atoms with E-state index in [9.17, 15) is 14.4 Å². The summed E-state index contributed by atoms with van der Waals surface area (Å²) in [5.74, 6) is -0.528. The molecule has 174 valence electrons. The summed E-state index contributed by atoms with van der Waals surface area (Å²) in [6.07, 6.45) is 0.671. The molecule has 1 aliphatic rings. The van der Waals surface area contributed by atoms with Gasteiger partial charge in [-0.2, -0.15) is 0 Å². The fraction of sp³-hybridized carbons (Fsp3) is 0.375. The van der Waals surface area contributed by atoms with Gasteiger partial charge in [0.2, 0.25) is 5.91 Å². The Morgan fingerprint density at radius 1 is 1.09 bits per heavy atom. The summed E-state index contributed by atoms with van der Waals surface area (Å²) < 4.78 is 5.16. The summed E-state index contributed by atoms with van der Waals surface area (Å²) in [7, 11) is 0. The van der Waals surface area contributed by atoms with Crippen LogP contribution < -0.4 is 15.5 Å². The largest absolute Gasteiger partial charge is 0.699 e. The van der Waals surface area contributed by atoms with Crippen molar-refractivity contribution in [3.05, 3.63) is 65.9 Å². The molecule has 3 N–H and O–H groups in total. The third kappa shape index (κ3) is 8.41. The Kier molecular flexibility index (Phi) is 10.8. The van der Waals surface area contributed by atoms with Gasteiger partial charge in [0, 0.05) is 62.4 Å².